The van der Waals surface area contributed by atoms with E-state index in [0.717, 1.165) is 0 Å². The topological polar surface area (TPSA) is 103 Å². The van der Waals surface area contributed by atoms with E-state index in [9.17, 15) is 22.8 Å². The van der Waals surface area contributed by atoms with Crippen LogP contribution < -0.4 is 5.32 Å². The van der Waals surface area contributed by atoms with E-state index in [4.69, 9.17) is 14.6 Å². The average molecular weight is 387 g/mol. The van der Waals surface area contributed by atoms with Crippen LogP contribution in [0.15, 0.2) is 30.5 Å². The van der Waals surface area contributed by atoms with Gasteiger partial charge >= 0.3 is 12.1 Å². The fourth-order valence-electron chi connectivity index (χ4n) is 2.19. The third kappa shape index (κ3) is 5.28. The number of aromatic nitrogens is 2. The van der Waals surface area contributed by atoms with Crippen molar-refractivity contribution in [3.05, 3.63) is 41.7 Å². The second-order valence-electron chi connectivity index (χ2n) is 5.27. The normalized spacial score (nSPS) is 11.4. The molecule has 0 atom stereocenters. The Labute approximate surface area is 151 Å². The molecule has 0 unspecified atom stereocenters. The zero-order chi connectivity index (χ0) is 20.0. The van der Waals surface area contributed by atoms with Crippen LogP contribution in [0.3, 0.4) is 0 Å². The number of amides is 1. The number of alkyl halides is 3. The predicted octanol–water partition coefficient (Wildman–Crippen LogP) is 2.19. The molecule has 0 saturated carbocycles. The molecule has 146 valence electrons. The van der Waals surface area contributed by atoms with Gasteiger partial charge < -0.3 is 19.9 Å². The number of methoxy groups -OCH3 is 1. The lowest BCUT2D eigenvalue weighted by molar-refractivity contribution is -0.143. The lowest BCUT2D eigenvalue weighted by atomic mass is 10.2. The van der Waals surface area contributed by atoms with Gasteiger partial charge in [0, 0.05) is 12.8 Å². The molecule has 0 fully saturated rings. The molecule has 1 aromatic carbocycles. The van der Waals surface area contributed by atoms with E-state index in [2.05, 4.69) is 10.4 Å². The third-order valence-electron chi connectivity index (χ3n) is 3.31. The van der Waals surface area contributed by atoms with Crippen LogP contribution in [0.4, 0.5) is 18.9 Å². The summed E-state index contributed by atoms with van der Waals surface area (Å²) >= 11 is 0. The monoisotopic (exact) mass is 387 g/mol. The quantitative estimate of drug-likeness (QED) is 0.673. The first-order valence-corrected chi connectivity index (χ1v) is 7.59. The maximum Gasteiger partial charge on any atom is 0.434 e. The standard InChI is InChI=1S/C16H16F3N3O5/c1-26-5-6-27-9-13(23)21-10-3-2-4-11(7-10)22-14(16(17,18)19)12(8-20-22)15(24)25/h2-4,7-8H,5-6,9H2,1H3,(H,21,23)(H,24,25). The number of halogens is 3. The Morgan fingerprint density at radius 1 is 1.30 bits per heavy atom. The van der Waals surface area contributed by atoms with Gasteiger partial charge in [-0.2, -0.15) is 18.3 Å². The first kappa shape index (κ1) is 20.4. The number of nitrogens with zero attached hydrogens (tertiary/aromatic N) is 2. The molecule has 2 aromatic rings. The number of nitrogens with one attached hydrogen (secondary N) is 1. The predicted molar refractivity (Wildman–Crippen MR) is 86.9 cm³/mol. The van der Waals surface area contributed by atoms with Crippen LogP contribution in [-0.2, 0) is 20.4 Å². The first-order valence-electron chi connectivity index (χ1n) is 7.59. The van der Waals surface area contributed by atoms with Crippen molar-refractivity contribution in [2.75, 3.05) is 32.2 Å². The van der Waals surface area contributed by atoms with Crippen molar-refractivity contribution in [2.24, 2.45) is 0 Å². The van der Waals surface area contributed by atoms with Crippen molar-refractivity contribution in [2.45, 2.75) is 6.18 Å². The Bertz CT molecular complexity index is 820. The Morgan fingerprint density at radius 2 is 2.04 bits per heavy atom. The molecule has 11 heteroatoms. The number of hydrogen-bond donors (Lipinski definition) is 2. The van der Waals surface area contributed by atoms with Crippen molar-refractivity contribution >= 4 is 17.6 Å². The summed E-state index contributed by atoms with van der Waals surface area (Å²) < 4.78 is 50.1. The van der Waals surface area contributed by atoms with E-state index in [-0.39, 0.29) is 24.6 Å². The molecule has 0 aliphatic rings. The highest BCUT2D eigenvalue weighted by molar-refractivity contribution is 5.92. The highest BCUT2D eigenvalue weighted by Gasteiger charge is 2.40. The van der Waals surface area contributed by atoms with Crippen LogP contribution in [0.2, 0.25) is 0 Å². The number of carboxylic acid groups (broad SMARTS) is 1. The van der Waals surface area contributed by atoms with Gasteiger partial charge in [0.05, 0.1) is 25.1 Å². The van der Waals surface area contributed by atoms with E-state index >= 15 is 0 Å². The zero-order valence-corrected chi connectivity index (χ0v) is 14.1. The van der Waals surface area contributed by atoms with E-state index in [0.29, 0.717) is 17.5 Å². The van der Waals surface area contributed by atoms with Gasteiger partial charge in [-0.25, -0.2) is 9.48 Å². The molecule has 1 heterocycles. The number of aromatic carboxylic acids is 1. The molecule has 0 saturated heterocycles. The van der Waals surface area contributed by atoms with E-state index < -0.39 is 29.3 Å². The van der Waals surface area contributed by atoms with E-state index in [1.807, 2.05) is 0 Å². The van der Waals surface area contributed by atoms with Gasteiger partial charge in [-0.15, -0.1) is 0 Å². The molecule has 8 nitrogen and oxygen atoms in total. The number of carboxylic acids is 1. The number of carbonyl (C=O) groups excluding carboxylic acids is 1. The molecule has 1 aromatic heterocycles. The number of anilines is 1. The van der Waals surface area contributed by atoms with Crippen LogP contribution in [0.1, 0.15) is 16.1 Å². The minimum absolute atomic E-state index is 0.0621. The van der Waals surface area contributed by atoms with Crippen LogP contribution in [0.5, 0.6) is 0 Å². The highest BCUT2D eigenvalue weighted by atomic mass is 19.4. The van der Waals surface area contributed by atoms with E-state index in [1.165, 1.54) is 31.4 Å². The largest absolute Gasteiger partial charge is 0.478 e. The summed E-state index contributed by atoms with van der Waals surface area (Å²) in [5, 5.41) is 15.0. The summed E-state index contributed by atoms with van der Waals surface area (Å²) in [6, 6.07) is 5.41. The van der Waals surface area contributed by atoms with Crippen LogP contribution in [0.25, 0.3) is 5.69 Å². The summed E-state index contributed by atoms with van der Waals surface area (Å²) in [5.41, 5.74) is -2.24. The second kappa shape index (κ2) is 8.64. The maximum atomic E-state index is 13.3. The summed E-state index contributed by atoms with van der Waals surface area (Å²) in [6.07, 6.45) is -4.31. The fourth-order valence-corrected chi connectivity index (χ4v) is 2.19. The maximum absolute atomic E-state index is 13.3. The number of ether oxygens (including phenoxy) is 2. The van der Waals surface area contributed by atoms with Crippen molar-refractivity contribution < 1.29 is 37.3 Å². The van der Waals surface area contributed by atoms with Gasteiger partial charge in [0.25, 0.3) is 0 Å². The smallest absolute Gasteiger partial charge is 0.434 e. The second-order valence-corrected chi connectivity index (χ2v) is 5.27. The lowest BCUT2D eigenvalue weighted by Crippen LogP contribution is -2.20. The number of benzene rings is 1. The van der Waals surface area contributed by atoms with Gasteiger partial charge in [0.15, 0.2) is 5.69 Å². The van der Waals surface area contributed by atoms with Gasteiger partial charge in [-0.3, -0.25) is 4.79 Å². The van der Waals surface area contributed by atoms with Crippen molar-refractivity contribution in [3.8, 4) is 5.69 Å². The minimum atomic E-state index is -4.93. The summed E-state index contributed by atoms with van der Waals surface area (Å²) in [5.74, 6) is -2.25. The Morgan fingerprint density at radius 3 is 2.67 bits per heavy atom. The molecule has 0 radical (unpaired) electrons. The molecule has 2 rings (SSSR count). The number of carbonyl (C=O) groups is 2. The van der Waals surface area contributed by atoms with Gasteiger partial charge in [0.1, 0.15) is 12.2 Å². The summed E-state index contributed by atoms with van der Waals surface area (Å²) in [6.45, 7) is 0.269. The first-order chi connectivity index (χ1) is 12.7. The summed E-state index contributed by atoms with van der Waals surface area (Å²) in [4.78, 5) is 22.8. The van der Waals surface area contributed by atoms with Gasteiger partial charge in [0.2, 0.25) is 5.91 Å². The average Bonchev–Trinajstić information content (AvgIpc) is 3.05. The molecule has 0 bridgehead atoms. The van der Waals surface area contributed by atoms with E-state index in [1.54, 1.807) is 0 Å². The SMILES string of the molecule is COCCOCC(=O)Nc1cccc(-n2ncc(C(=O)O)c2C(F)(F)F)c1. The molecule has 0 aliphatic heterocycles. The molecule has 2 N–H and O–H groups in total. The van der Waals surface area contributed by atoms with Crippen LogP contribution >= 0.6 is 0 Å². The number of hydrogen-bond acceptors (Lipinski definition) is 5. The van der Waals surface area contributed by atoms with Gasteiger partial charge in [-0.05, 0) is 18.2 Å². The third-order valence-corrected chi connectivity index (χ3v) is 3.31. The molecule has 27 heavy (non-hydrogen) atoms. The van der Waals surface area contributed by atoms with Crippen LogP contribution in [0, 0.1) is 0 Å². The number of rotatable bonds is 8. The fraction of sp³-hybridized carbons (Fsp3) is 0.312. The molecule has 0 spiro atoms. The molecular weight excluding hydrogens is 371 g/mol. The Kier molecular flexibility index (Phi) is 6.53. The van der Waals surface area contributed by atoms with Crippen molar-refractivity contribution in [1.82, 2.24) is 9.78 Å². The summed E-state index contributed by atoms with van der Waals surface area (Å²) in [7, 11) is 1.48. The highest BCUT2D eigenvalue weighted by Crippen LogP contribution is 2.34. The zero-order valence-electron chi connectivity index (χ0n) is 14.1. The van der Waals surface area contributed by atoms with Crippen molar-refractivity contribution in [3.63, 3.8) is 0 Å². The molecule has 0 aliphatic carbocycles. The lowest BCUT2D eigenvalue weighted by Gasteiger charge is -2.13. The molecular formula is C16H16F3N3O5. The minimum Gasteiger partial charge on any atom is -0.478 e. The van der Waals surface area contributed by atoms with Crippen molar-refractivity contribution in [1.29, 1.82) is 0 Å². The molecule has 1 amide bonds. The van der Waals surface area contributed by atoms with Crippen LogP contribution in [-0.4, -0.2) is 53.7 Å². The van der Waals surface area contributed by atoms with Gasteiger partial charge in [-0.1, -0.05) is 6.07 Å². The Hall–Kier alpha value is -2.92. The Balaban J connectivity index is 2.23.